The van der Waals surface area contributed by atoms with Gasteiger partial charge in [-0.3, -0.25) is 0 Å². The molecule has 1 fully saturated rings. The molecule has 2 aromatic heterocycles. The van der Waals surface area contributed by atoms with Crippen molar-refractivity contribution in [2.45, 2.75) is 39.5 Å². The molecule has 22 heavy (non-hydrogen) atoms. The summed E-state index contributed by atoms with van der Waals surface area (Å²) in [5, 5.41) is 1.38. The standard InChI is InChI=1S/C17H24N4S/c1-3-7-20-8-10-21(11-9-20)16-15-13-5-4-6-14(13)22-17(15)19-12(2)18-16/h3-11H2,1-2H3/p+1. The molecule has 118 valence electrons. The van der Waals surface area contributed by atoms with E-state index in [0.717, 1.165) is 18.9 Å². The fraction of sp³-hybridized carbons (Fsp3) is 0.647. The third-order valence-electron chi connectivity index (χ3n) is 5.03. The highest BCUT2D eigenvalue weighted by Crippen LogP contribution is 2.40. The van der Waals surface area contributed by atoms with Gasteiger partial charge in [0.05, 0.1) is 38.1 Å². The summed E-state index contributed by atoms with van der Waals surface area (Å²) >= 11 is 1.90. The van der Waals surface area contributed by atoms with Gasteiger partial charge in [0.2, 0.25) is 0 Å². The first kappa shape index (κ1) is 14.4. The minimum atomic E-state index is 0.922. The number of aromatic nitrogens is 2. The Morgan fingerprint density at radius 2 is 2.00 bits per heavy atom. The zero-order valence-electron chi connectivity index (χ0n) is 13.6. The molecule has 0 radical (unpaired) electrons. The lowest BCUT2D eigenvalue weighted by molar-refractivity contribution is -0.900. The smallest absolute Gasteiger partial charge is 0.141 e. The number of hydrogen-bond donors (Lipinski definition) is 1. The lowest BCUT2D eigenvalue weighted by Gasteiger charge is -2.33. The van der Waals surface area contributed by atoms with Crippen LogP contribution in [0.25, 0.3) is 10.2 Å². The number of nitrogens with zero attached hydrogens (tertiary/aromatic N) is 3. The third kappa shape index (κ3) is 2.40. The van der Waals surface area contributed by atoms with Crippen molar-refractivity contribution in [2.75, 3.05) is 37.6 Å². The number of rotatable bonds is 3. The highest BCUT2D eigenvalue weighted by atomic mass is 32.1. The van der Waals surface area contributed by atoms with Crippen LogP contribution in [0.15, 0.2) is 0 Å². The van der Waals surface area contributed by atoms with Crippen LogP contribution in [0.3, 0.4) is 0 Å². The Morgan fingerprint density at radius 3 is 2.77 bits per heavy atom. The van der Waals surface area contributed by atoms with Gasteiger partial charge >= 0.3 is 0 Å². The predicted octanol–water partition coefficient (Wildman–Crippen LogP) is 1.60. The zero-order chi connectivity index (χ0) is 15.1. The number of hydrogen-bond acceptors (Lipinski definition) is 4. The van der Waals surface area contributed by atoms with Gasteiger partial charge in [0.25, 0.3) is 0 Å². The Morgan fingerprint density at radius 1 is 1.18 bits per heavy atom. The maximum Gasteiger partial charge on any atom is 0.141 e. The summed E-state index contributed by atoms with van der Waals surface area (Å²) in [5.41, 5.74) is 1.55. The van der Waals surface area contributed by atoms with E-state index in [1.165, 1.54) is 61.4 Å². The lowest BCUT2D eigenvalue weighted by Crippen LogP contribution is -3.14. The summed E-state index contributed by atoms with van der Waals surface area (Å²) in [6.07, 6.45) is 5.04. The van der Waals surface area contributed by atoms with Crippen molar-refractivity contribution >= 4 is 27.4 Å². The van der Waals surface area contributed by atoms with Crippen LogP contribution in [0.5, 0.6) is 0 Å². The molecule has 0 aromatic carbocycles. The molecule has 5 heteroatoms. The number of nitrogens with one attached hydrogen (secondary N) is 1. The Bertz CT molecular complexity index is 686. The average Bonchev–Trinajstić information content (AvgIpc) is 3.08. The first-order chi connectivity index (χ1) is 10.8. The SMILES string of the molecule is CCC[NH+]1CCN(c2nc(C)nc3sc4c(c23)CCC4)CC1. The molecule has 0 spiro atoms. The molecule has 1 aliphatic carbocycles. The van der Waals surface area contributed by atoms with Crippen molar-refractivity contribution in [1.82, 2.24) is 9.97 Å². The van der Waals surface area contributed by atoms with Gasteiger partial charge in [-0.05, 0) is 38.2 Å². The molecule has 2 aromatic rings. The van der Waals surface area contributed by atoms with Crippen LogP contribution >= 0.6 is 11.3 Å². The summed E-state index contributed by atoms with van der Waals surface area (Å²) in [4.78, 5) is 16.6. The second-order valence-corrected chi connectivity index (χ2v) is 7.70. The molecule has 0 unspecified atom stereocenters. The molecule has 4 nitrogen and oxygen atoms in total. The van der Waals surface area contributed by atoms with Gasteiger partial charge in [-0.2, -0.15) is 0 Å². The highest BCUT2D eigenvalue weighted by molar-refractivity contribution is 7.19. The molecule has 0 bridgehead atoms. The molecule has 2 aliphatic rings. The van der Waals surface area contributed by atoms with Gasteiger partial charge in [0, 0.05) is 4.88 Å². The van der Waals surface area contributed by atoms with Gasteiger partial charge in [-0.25, -0.2) is 9.97 Å². The fourth-order valence-corrected chi connectivity index (χ4v) is 5.25. The predicted molar refractivity (Wildman–Crippen MR) is 92.2 cm³/mol. The molecule has 0 amide bonds. The van der Waals surface area contributed by atoms with Crippen molar-refractivity contribution in [1.29, 1.82) is 0 Å². The van der Waals surface area contributed by atoms with Crippen molar-refractivity contribution < 1.29 is 4.90 Å². The van der Waals surface area contributed by atoms with E-state index in [4.69, 9.17) is 9.97 Å². The van der Waals surface area contributed by atoms with Crippen molar-refractivity contribution in [3.63, 3.8) is 0 Å². The van der Waals surface area contributed by atoms with Crippen LogP contribution in [-0.4, -0.2) is 42.7 Å². The molecule has 0 atom stereocenters. The van der Waals surface area contributed by atoms with Crippen molar-refractivity contribution in [3.8, 4) is 0 Å². The normalized spacial score (nSPS) is 19.1. The van der Waals surface area contributed by atoms with E-state index in [2.05, 4.69) is 11.8 Å². The van der Waals surface area contributed by atoms with E-state index in [9.17, 15) is 0 Å². The second-order valence-electron chi connectivity index (χ2n) is 6.62. The minimum absolute atomic E-state index is 0.922. The Kier molecular flexibility index (Phi) is 3.78. The van der Waals surface area contributed by atoms with Gasteiger partial charge < -0.3 is 9.80 Å². The van der Waals surface area contributed by atoms with Gasteiger partial charge in [-0.1, -0.05) is 6.92 Å². The highest BCUT2D eigenvalue weighted by Gasteiger charge is 2.27. The first-order valence-electron chi connectivity index (χ1n) is 8.63. The fourth-order valence-electron chi connectivity index (χ4n) is 3.95. The maximum absolute atomic E-state index is 4.86. The van der Waals surface area contributed by atoms with E-state index >= 15 is 0 Å². The van der Waals surface area contributed by atoms with E-state index in [0.29, 0.717) is 0 Å². The van der Waals surface area contributed by atoms with E-state index in [-0.39, 0.29) is 0 Å². The largest absolute Gasteiger partial charge is 0.345 e. The molecule has 0 saturated carbocycles. The quantitative estimate of drug-likeness (QED) is 0.934. The van der Waals surface area contributed by atoms with Crippen molar-refractivity contribution in [3.05, 3.63) is 16.3 Å². The van der Waals surface area contributed by atoms with Crippen LogP contribution < -0.4 is 9.80 Å². The molecule has 1 saturated heterocycles. The van der Waals surface area contributed by atoms with Crippen LogP contribution in [0.4, 0.5) is 5.82 Å². The third-order valence-corrected chi connectivity index (χ3v) is 6.22. The van der Waals surface area contributed by atoms with Crippen LogP contribution in [0.2, 0.25) is 0 Å². The van der Waals surface area contributed by atoms with E-state index < -0.39 is 0 Å². The zero-order valence-corrected chi connectivity index (χ0v) is 14.4. The molecule has 4 rings (SSSR count). The number of quaternary nitrogens is 1. The monoisotopic (exact) mass is 317 g/mol. The van der Waals surface area contributed by atoms with Crippen molar-refractivity contribution in [2.24, 2.45) is 0 Å². The van der Waals surface area contributed by atoms with Crippen LogP contribution in [-0.2, 0) is 12.8 Å². The summed E-state index contributed by atoms with van der Waals surface area (Å²) < 4.78 is 0. The van der Waals surface area contributed by atoms with Gasteiger partial charge in [-0.15, -0.1) is 11.3 Å². The lowest BCUT2D eigenvalue weighted by atomic mass is 10.1. The number of anilines is 1. The summed E-state index contributed by atoms with van der Waals surface area (Å²) in [6, 6.07) is 0. The molecule has 1 N–H and O–H groups in total. The summed E-state index contributed by atoms with van der Waals surface area (Å²) in [7, 11) is 0. The summed E-state index contributed by atoms with van der Waals surface area (Å²) in [6.45, 7) is 10.4. The molecule has 1 aliphatic heterocycles. The topological polar surface area (TPSA) is 33.5 Å². The van der Waals surface area contributed by atoms with Crippen LogP contribution in [0, 0.1) is 6.92 Å². The van der Waals surface area contributed by atoms with Crippen LogP contribution in [0.1, 0.15) is 36.0 Å². The Hall–Kier alpha value is -1.20. The maximum atomic E-state index is 4.86. The van der Waals surface area contributed by atoms with Gasteiger partial charge in [0.1, 0.15) is 16.5 Å². The Labute approximate surface area is 136 Å². The second kappa shape index (κ2) is 5.78. The summed E-state index contributed by atoms with van der Waals surface area (Å²) in [5.74, 6) is 2.14. The van der Waals surface area contributed by atoms with E-state index in [1.54, 1.807) is 15.3 Å². The molecule has 3 heterocycles. The number of aryl methyl sites for hydroxylation is 3. The Balaban J connectivity index is 1.69. The van der Waals surface area contributed by atoms with E-state index in [1.807, 2.05) is 18.3 Å². The van der Waals surface area contributed by atoms with Gasteiger partial charge in [0.15, 0.2) is 0 Å². The first-order valence-corrected chi connectivity index (χ1v) is 9.45. The number of fused-ring (bicyclic) bond motifs is 3. The number of piperazine rings is 1. The minimum Gasteiger partial charge on any atom is -0.345 e. The average molecular weight is 317 g/mol. The number of thiophene rings is 1. The molecular formula is C17H25N4S+. The molecular weight excluding hydrogens is 292 g/mol.